The summed E-state index contributed by atoms with van der Waals surface area (Å²) in [7, 11) is 0. The van der Waals surface area contributed by atoms with Crippen LogP contribution in [0.15, 0.2) is 93.2 Å². The van der Waals surface area contributed by atoms with Gasteiger partial charge in [-0.15, -0.1) is 0 Å². The van der Waals surface area contributed by atoms with E-state index in [1.807, 2.05) is 0 Å². The van der Waals surface area contributed by atoms with Crippen LogP contribution in [-0.4, -0.2) is 58.7 Å². The van der Waals surface area contributed by atoms with Gasteiger partial charge < -0.3 is 10.2 Å². The summed E-state index contributed by atoms with van der Waals surface area (Å²) in [6.45, 7) is 3.55. The fourth-order valence-electron chi connectivity index (χ4n) is 4.46. The largest absolute Gasteiger partial charge is 0.507 e. The van der Waals surface area contributed by atoms with E-state index in [1.165, 1.54) is 79.5 Å². The second-order valence-corrected chi connectivity index (χ2v) is 10.5. The van der Waals surface area contributed by atoms with Crippen LogP contribution in [0, 0.1) is 13.8 Å². The molecule has 0 radical (unpaired) electrons. The lowest BCUT2D eigenvalue weighted by Crippen LogP contribution is -2.19. The molecule has 0 saturated heterocycles. The molecule has 0 fully saturated rings. The van der Waals surface area contributed by atoms with Crippen molar-refractivity contribution in [2.75, 3.05) is 0 Å². The number of carbonyl (C=O) groups is 4. The topological polar surface area (TPSA) is 206 Å². The van der Waals surface area contributed by atoms with Gasteiger partial charge in [-0.25, -0.2) is 21.7 Å². The van der Waals surface area contributed by atoms with E-state index in [1.54, 1.807) is 32.0 Å². The van der Waals surface area contributed by atoms with Crippen LogP contribution < -0.4 is 21.7 Å². The van der Waals surface area contributed by atoms with Gasteiger partial charge in [0, 0.05) is 44.5 Å². The second-order valence-electron chi connectivity index (χ2n) is 10.5. The molecule has 5 heterocycles. The van der Waals surface area contributed by atoms with Gasteiger partial charge >= 0.3 is 0 Å². The number of hydrogen-bond donors (Lipinski definition) is 6. The monoisotopic (exact) mass is 644 g/mol. The Labute approximate surface area is 273 Å². The molecule has 9 rings (SSSR count). The van der Waals surface area contributed by atoms with Crippen LogP contribution in [0.25, 0.3) is 0 Å². The molecule has 4 amide bonds. The molecular weight excluding hydrogens is 616 g/mol. The Morgan fingerprint density at radius 1 is 0.458 bits per heavy atom. The summed E-state index contributed by atoms with van der Waals surface area (Å²) in [4.78, 5) is 50.4. The summed E-state index contributed by atoms with van der Waals surface area (Å²) in [6, 6.07) is 17.8. The number of carbonyl (C=O) groups excluding carboxylic acids is 4. The van der Waals surface area contributed by atoms with Crippen LogP contribution in [0.3, 0.4) is 0 Å². The number of hydrazone groups is 4. The number of rotatable bonds is 0. The highest BCUT2D eigenvalue weighted by molar-refractivity contribution is 6.00. The van der Waals surface area contributed by atoms with Crippen molar-refractivity contribution < 1.29 is 29.4 Å². The summed E-state index contributed by atoms with van der Waals surface area (Å²) in [6.07, 6.45) is 5.15. The van der Waals surface area contributed by atoms with Crippen molar-refractivity contribution in [2.45, 2.75) is 13.8 Å². The zero-order valence-electron chi connectivity index (χ0n) is 25.6. The summed E-state index contributed by atoms with van der Waals surface area (Å²) in [5.74, 6) is -2.53. The molecule has 0 aromatic heterocycles. The quantitative estimate of drug-likeness (QED) is 0.169. The van der Waals surface area contributed by atoms with Crippen molar-refractivity contribution >= 4 is 48.5 Å². The third kappa shape index (κ3) is 7.81. The molecule has 0 saturated carbocycles. The van der Waals surface area contributed by atoms with Crippen LogP contribution in [0.5, 0.6) is 11.5 Å². The van der Waals surface area contributed by atoms with E-state index < -0.39 is 23.6 Å². The average Bonchev–Trinajstić information content (AvgIpc) is 3.08. The first kappa shape index (κ1) is 32.4. The molecule has 5 aliphatic rings. The first-order valence-electron chi connectivity index (χ1n) is 14.3. The number of benzene rings is 4. The van der Waals surface area contributed by atoms with Gasteiger partial charge in [-0.3, -0.25) is 19.2 Å². The molecule has 14 nitrogen and oxygen atoms in total. The third-order valence-electron chi connectivity index (χ3n) is 7.03. The number of phenols is 2. The number of aromatic hydroxyl groups is 2. The molecule has 14 heteroatoms. The molecule has 4 aromatic rings. The normalized spacial score (nSPS) is 14.5. The Bertz CT molecular complexity index is 1890. The fraction of sp³-hybridized carbons (Fsp3) is 0.0588. The molecule has 8 bridgehead atoms. The molecule has 0 spiro atoms. The van der Waals surface area contributed by atoms with Gasteiger partial charge in [0.2, 0.25) is 0 Å². The lowest BCUT2D eigenvalue weighted by Gasteiger charge is -2.06. The minimum absolute atomic E-state index is 0.143. The number of fused-ring (bicyclic) bond motifs is 1. The number of phenolic OH excluding ortho intramolecular Hbond substituents is 2. The Morgan fingerprint density at radius 2 is 0.792 bits per heavy atom. The van der Waals surface area contributed by atoms with E-state index in [9.17, 15) is 29.4 Å². The Morgan fingerprint density at radius 3 is 1.17 bits per heavy atom. The lowest BCUT2D eigenvalue weighted by atomic mass is 10.1. The molecule has 240 valence electrons. The first-order chi connectivity index (χ1) is 23.1. The average molecular weight is 645 g/mol. The zero-order chi connectivity index (χ0) is 34.2. The van der Waals surface area contributed by atoms with Gasteiger partial charge in [0.25, 0.3) is 23.6 Å². The third-order valence-corrected chi connectivity index (χ3v) is 7.03. The van der Waals surface area contributed by atoms with E-state index in [4.69, 9.17) is 0 Å². The second kappa shape index (κ2) is 14.4. The van der Waals surface area contributed by atoms with Crippen LogP contribution in [-0.2, 0) is 0 Å². The predicted octanol–water partition coefficient (Wildman–Crippen LogP) is 3.08. The van der Waals surface area contributed by atoms with E-state index in [-0.39, 0.29) is 44.9 Å². The van der Waals surface area contributed by atoms with Gasteiger partial charge in [-0.05, 0) is 97.8 Å². The van der Waals surface area contributed by atoms with Crippen molar-refractivity contribution in [1.29, 1.82) is 0 Å². The zero-order valence-corrected chi connectivity index (χ0v) is 25.6. The van der Waals surface area contributed by atoms with Crippen molar-refractivity contribution in [3.63, 3.8) is 0 Å². The van der Waals surface area contributed by atoms with Gasteiger partial charge in [0.05, 0.1) is 24.9 Å². The molecule has 48 heavy (non-hydrogen) atoms. The minimum Gasteiger partial charge on any atom is -0.507 e. The molecule has 0 unspecified atom stereocenters. The van der Waals surface area contributed by atoms with E-state index >= 15 is 0 Å². The Kier molecular flexibility index (Phi) is 9.75. The van der Waals surface area contributed by atoms with Crippen LogP contribution in [0.2, 0.25) is 0 Å². The summed E-state index contributed by atoms with van der Waals surface area (Å²) < 4.78 is 0. The molecule has 0 atom stereocenters. The molecule has 0 aliphatic carbocycles. The Hall–Kier alpha value is -6.96. The standard InChI is InChI=1S/C34H28N8O6/c1-19-11-27-17-37-41-33(47)23-7-3-21(4-8-23)31(45)39-35-15-25-14-29(43)26(13-20(25)2)16-36-40-32(46)22-5-9-24(10-6-22)34(48)42-38-18-28(12-19)30(27)44/h3-18,43-44H,1-2H3,(H,39,45)(H,40,46)(H,41,47)(H,42,48)/b35-15-,36-16?,37-17?,38-18?. The van der Waals surface area contributed by atoms with Crippen LogP contribution >= 0.6 is 0 Å². The summed E-state index contributed by atoms with van der Waals surface area (Å²) >= 11 is 0. The smallest absolute Gasteiger partial charge is 0.271 e. The highest BCUT2D eigenvalue weighted by Gasteiger charge is 2.12. The number of nitrogens with zero attached hydrogens (tertiary/aromatic N) is 4. The van der Waals surface area contributed by atoms with Crippen LogP contribution in [0.1, 0.15) is 74.8 Å². The van der Waals surface area contributed by atoms with Gasteiger partial charge in [-0.1, -0.05) is 0 Å². The number of nitrogens with one attached hydrogen (secondary N) is 4. The highest BCUT2D eigenvalue weighted by atomic mass is 16.3. The molecular formula is C34H28N8O6. The molecule has 5 aliphatic heterocycles. The van der Waals surface area contributed by atoms with Crippen molar-refractivity contribution in [3.8, 4) is 11.5 Å². The number of aryl methyl sites for hydroxylation is 2. The van der Waals surface area contributed by atoms with E-state index in [0.29, 0.717) is 16.7 Å². The van der Waals surface area contributed by atoms with E-state index in [0.717, 1.165) is 5.56 Å². The Balaban J connectivity index is 1.42. The fourth-order valence-corrected chi connectivity index (χ4v) is 4.46. The van der Waals surface area contributed by atoms with Gasteiger partial charge in [0.1, 0.15) is 11.5 Å². The SMILES string of the molecule is Cc1cc2c(O)c(c1)C=NNC(=O)c1ccc(cc1)C(=O)N/N=C\c1cc(O)c(cc1C)C=NNC(=O)c1ccc(cc1)C(=O)NN=C2. The van der Waals surface area contributed by atoms with E-state index in [2.05, 4.69) is 42.1 Å². The highest BCUT2D eigenvalue weighted by Crippen LogP contribution is 2.22. The number of hydrogen-bond acceptors (Lipinski definition) is 10. The predicted molar refractivity (Wildman–Crippen MR) is 179 cm³/mol. The lowest BCUT2D eigenvalue weighted by molar-refractivity contribution is 0.0943. The maximum atomic E-state index is 12.6. The molecule has 4 aromatic carbocycles. The van der Waals surface area contributed by atoms with Crippen molar-refractivity contribution in [3.05, 3.63) is 128 Å². The van der Waals surface area contributed by atoms with Gasteiger partial charge in [-0.2, -0.15) is 20.4 Å². The minimum atomic E-state index is -0.559. The summed E-state index contributed by atoms with van der Waals surface area (Å²) in [5.41, 5.74) is 13.3. The van der Waals surface area contributed by atoms with Gasteiger partial charge in [0.15, 0.2) is 0 Å². The number of amides is 4. The maximum Gasteiger partial charge on any atom is 0.271 e. The first-order valence-corrected chi connectivity index (χ1v) is 14.3. The van der Waals surface area contributed by atoms with Crippen molar-refractivity contribution in [1.82, 2.24) is 21.7 Å². The molecule has 6 N–H and O–H groups in total. The van der Waals surface area contributed by atoms with Crippen LogP contribution in [0.4, 0.5) is 0 Å². The van der Waals surface area contributed by atoms with Crippen molar-refractivity contribution in [2.24, 2.45) is 20.4 Å². The summed E-state index contributed by atoms with van der Waals surface area (Å²) in [5, 5.41) is 37.0. The maximum absolute atomic E-state index is 12.6.